The number of anilines is 1. The van der Waals surface area contributed by atoms with E-state index in [1.807, 2.05) is 6.07 Å². The van der Waals surface area contributed by atoms with E-state index in [2.05, 4.69) is 45.1 Å². The van der Waals surface area contributed by atoms with Gasteiger partial charge in [0.2, 0.25) is 0 Å². The van der Waals surface area contributed by atoms with Gasteiger partial charge >= 0.3 is 0 Å². The van der Waals surface area contributed by atoms with Gasteiger partial charge in [0.1, 0.15) is 16.2 Å². The quantitative estimate of drug-likeness (QED) is 0.863. The molecular formula is C13H20BrN3. The first-order chi connectivity index (χ1) is 8.17. The van der Waals surface area contributed by atoms with Crippen LogP contribution in [0, 0.1) is 5.92 Å². The second kappa shape index (κ2) is 5.80. The molecule has 1 aromatic heterocycles. The van der Waals surface area contributed by atoms with Crippen LogP contribution in [0.2, 0.25) is 0 Å². The molecule has 0 radical (unpaired) electrons. The van der Waals surface area contributed by atoms with E-state index in [0.29, 0.717) is 6.04 Å². The first-order valence-corrected chi connectivity index (χ1v) is 7.26. The third-order valence-corrected chi connectivity index (χ3v) is 3.83. The van der Waals surface area contributed by atoms with Gasteiger partial charge in [0.05, 0.1) is 0 Å². The van der Waals surface area contributed by atoms with Crippen LogP contribution in [0.15, 0.2) is 10.7 Å². The number of halogens is 1. The lowest BCUT2D eigenvalue weighted by molar-refractivity contribution is 0.360. The molecule has 1 aromatic rings. The minimum Gasteiger partial charge on any atom is -0.367 e. The van der Waals surface area contributed by atoms with Gasteiger partial charge in [0, 0.05) is 18.5 Å². The average molecular weight is 298 g/mol. The van der Waals surface area contributed by atoms with E-state index in [9.17, 15) is 0 Å². The fraction of sp³-hybridized carbons (Fsp3) is 0.692. The van der Waals surface area contributed by atoms with E-state index < -0.39 is 0 Å². The molecule has 0 aromatic carbocycles. The molecule has 1 N–H and O–H groups in total. The molecule has 0 unspecified atom stereocenters. The van der Waals surface area contributed by atoms with Gasteiger partial charge in [-0.1, -0.05) is 13.8 Å². The third kappa shape index (κ3) is 3.66. The van der Waals surface area contributed by atoms with Crippen molar-refractivity contribution in [2.24, 2.45) is 5.92 Å². The summed E-state index contributed by atoms with van der Waals surface area (Å²) in [6.07, 6.45) is 6.03. The number of hydrogen-bond acceptors (Lipinski definition) is 3. The molecule has 0 amide bonds. The van der Waals surface area contributed by atoms with E-state index in [1.165, 1.54) is 25.7 Å². The van der Waals surface area contributed by atoms with Crippen LogP contribution in [-0.4, -0.2) is 16.0 Å². The first-order valence-electron chi connectivity index (χ1n) is 6.47. The van der Waals surface area contributed by atoms with Gasteiger partial charge in [-0.3, -0.25) is 0 Å². The van der Waals surface area contributed by atoms with Gasteiger partial charge in [-0.25, -0.2) is 9.97 Å². The molecule has 2 rings (SSSR count). The molecule has 17 heavy (non-hydrogen) atoms. The maximum atomic E-state index is 4.51. The van der Waals surface area contributed by atoms with Crippen LogP contribution >= 0.6 is 15.9 Å². The highest BCUT2D eigenvalue weighted by Gasteiger charge is 2.18. The van der Waals surface area contributed by atoms with Crippen molar-refractivity contribution >= 4 is 21.7 Å². The van der Waals surface area contributed by atoms with Crippen molar-refractivity contribution in [3.63, 3.8) is 0 Å². The molecule has 0 aliphatic heterocycles. The standard InChI is InChI=1S/C13H20BrN3/c1-3-12-16-11(14)8-13(17-12)15-10-6-4-9(2)5-7-10/h8-10H,3-7H2,1-2H3,(H,15,16,17). The van der Waals surface area contributed by atoms with Gasteiger partial charge in [-0.15, -0.1) is 0 Å². The number of rotatable bonds is 3. The predicted molar refractivity (Wildman–Crippen MR) is 74.2 cm³/mol. The number of nitrogens with one attached hydrogen (secondary N) is 1. The molecule has 0 bridgehead atoms. The maximum absolute atomic E-state index is 4.51. The molecule has 1 fully saturated rings. The summed E-state index contributed by atoms with van der Waals surface area (Å²) < 4.78 is 0.871. The lowest BCUT2D eigenvalue weighted by Gasteiger charge is -2.27. The Labute approximate surface area is 112 Å². The van der Waals surface area contributed by atoms with E-state index in [4.69, 9.17) is 0 Å². The highest BCUT2D eigenvalue weighted by atomic mass is 79.9. The van der Waals surface area contributed by atoms with Crippen molar-refractivity contribution in [3.05, 3.63) is 16.5 Å². The Hall–Kier alpha value is -0.640. The van der Waals surface area contributed by atoms with E-state index >= 15 is 0 Å². The minimum absolute atomic E-state index is 0.581. The zero-order valence-corrected chi connectivity index (χ0v) is 12.1. The van der Waals surface area contributed by atoms with Crippen LogP contribution < -0.4 is 5.32 Å². The van der Waals surface area contributed by atoms with Crippen LogP contribution in [0.1, 0.15) is 45.4 Å². The lowest BCUT2D eigenvalue weighted by Crippen LogP contribution is -2.25. The van der Waals surface area contributed by atoms with E-state index in [-0.39, 0.29) is 0 Å². The highest BCUT2D eigenvalue weighted by molar-refractivity contribution is 9.10. The molecule has 0 spiro atoms. The monoisotopic (exact) mass is 297 g/mol. The number of aromatic nitrogens is 2. The molecule has 1 heterocycles. The Bertz CT molecular complexity index is 373. The Morgan fingerprint density at radius 2 is 2.00 bits per heavy atom. The van der Waals surface area contributed by atoms with Gasteiger partial charge in [-0.05, 0) is 47.5 Å². The average Bonchev–Trinajstić information content (AvgIpc) is 2.31. The summed E-state index contributed by atoms with van der Waals surface area (Å²) in [4.78, 5) is 8.84. The van der Waals surface area contributed by atoms with Crippen molar-refractivity contribution in [1.82, 2.24) is 9.97 Å². The van der Waals surface area contributed by atoms with Crippen LogP contribution in [0.3, 0.4) is 0 Å². The summed E-state index contributed by atoms with van der Waals surface area (Å²) in [7, 11) is 0. The fourth-order valence-electron chi connectivity index (χ4n) is 2.31. The molecule has 4 heteroatoms. The van der Waals surface area contributed by atoms with Gasteiger partial charge < -0.3 is 5.32 Å². The molecule has 3 nitrogen and oxygen atoms in total. The second-order valence-electron chi connectivity index (χ2n) is 4.95. The SMILES string of the molecule is CCc1nc(Br)cc(NC2CCC(C)CC2)n1. The molecule has 94 valence electrons. The zero-order chi connectivity index (χ0) is 12.3. The number of aryl methyl sites for hydroxylation is 1. The summed E-state index contributed by atoms with van der Waals surface area (Å²) in [6.45, 7) is 4.42. The molecular weight excluding hydrogens is 278 g/mol. The van der Waals surface area contributed by atoms with Crippen LogP contribution in [0.25, 0.3) is 0 Å². The van der Waals surface area contributed by atoms with Gasteiger partial charge in [0.25, 0.3) is 0 Å². The molecule has 0 saturated heterocycles. The van der Waals surface area contributed by atoms with Crippen molar-refractivity contribution < 1.29 is 0 Å². The summed E-state index contributed by atoms with van der Waals surface area (Å²) >= 11 is 3.44. The molecule has 0 atom stereocenters. The molecule has 1 saturated carbocycles. The Kier molecular flexibility index (Phi) is 4.37. The predicted octanol–water partition coefficient (Wildman–Crippen LogP) is 3.79. The Balaban J connectivity index is 2.00. The van der Waals surface area contributed by atoms with Gasteiger partial charge in [0.15, 0.2) is 0 Å². The third-order valence-electron chi connectivity index (χ3n) is 3.43. The van der Waals surface area contributed by atoms with Crippen molar-refractivity contribution in [3.8, 4) is 0 Å². The minimum atomic E-state index is 0.581. The lowest BCUT2D eigenvalue weighted by atomic mass is 9.87. The van der Waals surface area contributed by atoms with Crippen LogP contribution in [0.4, 0.5) is 5.82 Å². The van der Waals surface area contributed by atoms with Crippen LogP contribution in [0.5, 0.6) is 0 Å². The normalized spacial score (nSPS) is 24.6. The summed E-state index contributed by atoms with van der Waals surface area (Å²) in [5.74, 6) is 2.74. The molecule has 1 aliphatic rings. The summed E-state index contributed by atoms with van der Waals surface area (Å²) in [6, 6.07) is 2.55. The maximum Gasteiger partial charge on any atom is 0.131 e. The number of hydrogen-bond donors (Lipinski definition) is 1. The Morgan fingerprint density at radius 3 is 2.65 bits per heavy atom. The first kappa shape index (κ1) is 12.8. The van der Waals surface area contributed by atoms with Crippen molar-refractivity contribution in [2.45, 2.75) is 52.0 Å². The largest absolute Gasteiger partial charge is 0.367 e. The summed E-state index contributed by atoms with van der Waals surface area (Å²) in [5.41, 5.74) is 0. The second-order valence-corrected chi connectivity index (χ2v) is 5.76. The van der Waals surface area contributed by atoms with Gasteiger partial charge in [-0.2, -0.15) is 0 Å². The summed E-state index contributed by atoms with van der Waals surface area (Å²) in [5, 5.41) is 3.54. The highest BCUT2D eigenvalue weighted by Crippen LogP contribution is 2.26. The smallest absolute Gasteiger partial charge is 0.131 e. The van der Waals surface area contributed by atoms with Crippen molar-refractivity contribution in [1.29, 1.82) is 0 Å². The van der Waals surface area contributed by atoms with Crippen molar-refractivity contribution in [2.75, 3.05) is 5.32 Å². The zero-order valence-electron chi connectivity index (χ0n) is 10.5. The molecule has 1 aliphatic carbocycles. The van der Waals surface area contributed by atoms with Crippen LogP contribution in [-0.2, 0) is 6.42 Å². The Morgan fingerprint density at radius 1 is 1.29 bits per heavy atom. The van der Waals surface area contributed by atoms with E-state index in [1.54, 1.807) is 0 Å². The van der Waals surface area contributed by atoms with E-state index in [0.717, 1.165) is 28.6 Å². The fourth-order valence-corrected chi connectivity index (χ4v) is 2.73. The topological polar surface area (TPSA) is 37.8 Å². The number of nitrogens with zero attached hydrogens (tertiary/aromatic N) is 2.